The first-order valence-electron chi connectivity index (χ1n) is 47.1. The second-order valence-corrected chi connectivity index (χ2v) is 37.6. The number of likely N-dealkylation sites (tertiary alicyclic amines) is 3. The molecule has 0 spiro atoms. The highest BCUT2D eigenvalue weighted by Crippen LogP contribution is 2.40. The van der Waals surface area contributed by atoms with Crippen LogP contribution in [0.3, 0.4) is 0 Å². The zero-order chi connectivity index (χ0) is 88.9. The van der Waals surface area contributed by atoms with Crippen LogP contribution >= 0.6 is 22.9 Å². The largest absolute Gasteiger partial charge is 0.497 e. The number of aryl methyl sites for hydroxylation is 4. The van der Waals surface area contributed by atoms with Gasteiger partial charge < -0.3 is 56.7 Å². The molecule has 5 aliphatic rings. The minimum Gasteiger partial charge on any atom is -0.497 e. The van der Waals surface area contributed by atoms with Crippen LogP contribution in [0.5, 0.6) is 28.7 Å². The van der Waals surface area contributed by atoms with Crippen molar-refractivity contribution < 1.29 is 47.3 Å². The molecule has 5 aromatic heterocycles. The fourth-order valence-corrected chi connectivity index (χ4v) is 21.0. The second kappa shape index (κ2) is 45.5. The second-order valence-electron chi connectivity index (χ2n) is 36.1. The molecule has 0 radical (unpaired) electrons. The number of piperidine rings is 4. The van der Waals surface area contributed by atoms with Gasteiger partial charge in [0.15, 0.2) is 23.1 Å². The van der Waals surface area contributed by atoms with Crippen molar-refractivity contribution in [1.29, 1.82) is 0 Å². The number of carbonyl (C=O) groups excluding carboxylic acids is 4. The smallest absolute Gasteiger partial charge is 0.165 e. The highest BCUT2D eigenvalue weighted by molar-refractivity contribution is 7.18. The summed E-state index contributed by atoms with van der Waals surface area (Å²) in [7, 11) is 5.02. The lowest BCUT2D eigenvalue weighted by Crippen LogP contribution is -2.46. The summed E-state index contributed by atoms with van der Waals surface area (Å²) in [6.07, 6.45) is 32.0. The van der Waals surface area contributed by atoms with E-state index in [-0.39, 0.29) is 41.2 Å². The Balaban J connectivity index is 0.000000137. The number of para-hydroxylation sites is 2. The minimum atomic E-state index is -0.244. The standard InChI is InChI=1S/C29H35ClN2O2.C26H29N3O2S.C26H40N2O2.C25H29FN2O3/c1-20(2)16-29(33)27-19-31(28-7-4-3-6-26(27)28)14-5-15-32-22-10-11-23(32)18-25(17-22)34-24-12-8-21(30)9-13-24;1-18(30)22-17-29(24-16-20(31-2)8-9-21(22)24)13-5-12-28-14-10-19(11-15-28)26-27-23-6-3-4-7-25(23)32-26;1-4-6-9-21-13-17-27(18-14-21)15-8-16-28-20-24(26(29)10-7-5-2)23-19-22(30-3)11-12-25(23)28;1-18(29)24-17-28(25-16-22(30-2)8-9-23(24)25)13-3-12-27-14-10-21(11-15-27)31-20-6-4-19(26)5-7-20/h3-4,6-9,12-13,19-20,22-23,25H,5,10-11,14-18H2,1-2H3;3-4,6-9,16-17,19H,5,10-15H2,1-2H3;11-12,19-21H,4-10,13-18H2,1-3H3;4-9,16-17,21H,3,10-15H2,1-2H3. The average molecular weight is 1760 g/mol. The molecule has 7 aromatic carbocycles. The predicted molar refractivity (Wildman–Crippen MR) is 515 cm³/mol. The Morgan fingerprint density at radius 1 is 0.457 bits per heavy atom. The van der Waals surface area contributed by atoms with E-state index in [0.29, 0.717) is 36.8 Å². The van der Waals surface area contributed by atoms with Crippen molar-refractivity contribution in [1.82, 2.24) is 42.9 Å². The Morgan fingerprint density at radius 3 is 1.46 bits per heavy atom. The maximum atomic E-state index is 13.0. The van der Waals surface area contributed by atoms with Crippen molar-refractivity contribution in [3.8, 4) is 28.7 Å². The molecule has 5 saturated heterocycles. The molecule has 127 heavy (non-hydrogen) atoms. The summed E-state index contributed by atoms with van der Waals surface area (Å²) < 4.78 is 51.7. The van der Waals surface area contributed by atoms with Gasteiger partial charge in [0, 0.05) is 173 Å². The topological polar surface area (TPSA) is 160 Å². The van der Waals surface area contributed by atoms with Gasteiger partial charge >= 0.3 is 0 Å². The molecule has 17 rings (SSSR count). The van der Waals surface area contributed by atoms with Gasteiger partial charge in [-0.05, 0) is 277 Å². The van der Waals surface area contributed by atoms with E-state index >= 15 is 0 Å². The van der Waals surface area contributed by atoms with Crippen LogP contribution in [0.25, 0.3) is 53.8 Å². The number of halogens is 2. The predicted octanol–water partition coefficient (Wildman–Crippen LogP) is 24.0. The molecule has 2 unspecified atom stereocenters. The molecule has 10 heterocycles. The molecular weight excluding hydrogens is 1630 g/mol. The Morgan fingerprint density at radius 2 is 0.913 bits per heavy atom. The summed E-state index contributed by atoms with van der Waals surface area (Å²) in [4.78, 5) is 65.0. The highest BCUT2D eigenvalue weighted by atomic mass is 35.5. The first kappa shape index (κ1) is 93.5. The lowest BCUT2D eigenvalue weighted by atomic mass is 9.91. The number of carbonyl (C=O) groups is 4. The van der Waals surface area contributed by atoms with Gasteiger partial charge in [-0.25, -0.2) is 9.37 Å². The number of methoxy groups -OCH3 is 3. The number of ketones is 4. The van der Waals surface area contributed by atoms with E-state index < -0.39 is 0 Å². The Kier molecular flexibility index (Phi) is 33.5. The van der Waals surface area contributed by atoms with Gasteiger partial charge in [0.2, 0.25) is 0 Å². The molecule has 0 N–H and O–H groups in total. The zero-order valence-electron chi connectivity index (χ0n) is 76.4. The van der Waals surface area contributed by atoms with Crippen molar-refractivity contribution in [2.24, 2.45) is 11.8 Å². The normalized spacial score (nSPS) is 17.4. The molecular formula is C106H133ClFN9O9S. The number of Topliss-reactive ketones (excluding diaryl/α,β-unsaturated/α-hetero) is 4. The molecule has 0 amide bonds. The van der Waals surface area contributed by atoms with Gasteiger partial charge in [-0.15, -0.1) is 11.3 Å². The lowest BCUT2D eigenvalue weighted by Gasteiger charge is -2.39. The van der Waals surface area contributed by atoms with Crippen LogP contribution in [-0.2, 0) is 26.2 Å². The number of aromatic nitrogens is 5. The Labute approximate surface area is 760 Å². The van der Waals surface area contributed by atoms with E-state index in [4.69, 9.17) is 40.3 Å². The summed E-state index contributed by atoms with van der Waals surface area (Å²) in [5, 5.41) is 6.16. The molecule has 5 fully saturated rings. The number of hydrogen-bond acceptors (Lipinski definition) is 15. The fourth-order valence-electron chi connectivity index (χ4n) is 19.8. The Bertz CT molecular complexity index is 5540. The molecule has 0 aliphatic carbocycles. The van der Waals surface area contributed by atoms with Crippen LogP contribution in [-0.4, -0.2) is 177 Å². The molecule has 2 bridgehead atoms. The van der Waals surface area contributed by atoms with E-state index in [9.17, 15) is 23.6 Å². The zero-order valence-corrected chi connectivity index (χ0v) is 78.0. The molecule has 5 aliphatic heterocycles. The number of fused-ring (bicyclic) bond motifs is 7. The van der Waals surface area contributed by atoms with Crippen LogP contribution in [0.4, 0.5) is 4.39 Å². The number of unbranched alkanes of at least 4 members (excludes halogenated alkanes) is 2. The first-order chi connectivity index (χ1) is 61.8. The van der Waals surface area contributed by atoms with E-state index in [1.165, 1.54) is 98.2 Å². The van der Waals surface area contributed by atoms with Crippen LogP contribution in [0.15, 0.2) is 176 Å². The number of rotatable bonds is 36. The van der Waals surface area contributed by atoms with E-state index in [1.807, 2.05) is 103 Å². The molecule has 12 aromatic rings. The Hall–Kier alpha value is -9.67. The van der Waals surface area contributed by atoms with Crippen molar-refractivity contribution in [2.45, 2.75) is 233 Å². The molecule has 676 valence electrons. The minimum absolute atomic E-state index is 0.0807. The van der Waals surface area contributed by atoms with Gasteiger partial charge in [0.05, 0.1) is 47.6 Å². The maximum absolute atomic E-state index is 13.0. The van der Waals surface area contributed by atoms with Gasteiger partial charge in [-0.3, -0.25) is 24.1 Å². The summed E-state index contributed by atoms with van der Waals surface area (Å²) in [5.41, 5.74) is 8.85. The van der Waals surface area contributed by atoms with Crippen molar-refractivity contribution >= 4 is 99.9 Å². The van der Waals surface area contributed by atoms with Crippen LogP contribution in [0.1, 0.15) is 229 Å². The third kappa shape index (κ3) is 24.7. The third-order valence-corrected chi connectivity index (χ3v) is 28.2. The van der Waals surface area contributed by atoms with Gasteiger partial charge in [-0.1, -0.05) is 95.3 Å². The SMILES string of the molecule is CC(C)CC(=O)c1cn(CCCN2C3CCC2CC(Oc2ccc(Cl)cc2)C3)c2ccccc12.CCCCC(=O)c1cn(CCCN2CCC(CCCC)CC2)c2ccc(OC)cc12.COc1ccc2c(C(C)=O)cn(CCCN3CCC(Oc4ccc(F)cc4)CC3)c2c1.COc1ccc2c(C(C)=O)cn(CCCN3CCC(c4nc5ccccc5s4)CC3)c2c1. The van der Waals surface area contributed by atoms with E-state index in [1.54, 1.807) is 47.3 Å². The fraction of sp³-hybridized carbons (Fsp3) is 0.481. The molecule has 18 nitrogen and oxygen atoms in total. The molecule has 0 saturated carbocycles. The average Bonchev–Trinajstić information content (AvgIpc) is 1.65. The lowest BCUT2D eigenvalue weighted by molar-refractivity contribution is 0.0482. The van der Waals surface area contributed by atoms with Crippen LogP contribution < -0.4 is 23.7 Å². The monoisotopic (exact) mass is 1760 g/mol. The van der Waals surface area contributed by atoms with Gasteiger partial charge in [0.1, 0.15) is 46.8 Å². The highest BCUT2D eigenvalue weighted by Gasteiger charge is 2.41. The van der Waals surface area contributed by atoms with Crippen molar-refractivity contribution in [3.63, 3.8) is 0 Å². The number of benzene rings is 7. The molecule has 21 heteroatoms. The number of ether oxygens (including phenoxy) is 5. The van der Waals surface area contributed by atoms with Crippen molar-refractivity contribution in [2.75, 3.05) is 86.8 Å². The summed E-state index contributed by atoms with van der Waals surface area (Å²) in [5.74, 6) is 6.44. The van der Waals surface area contributed by atoms with Gasteiger partial charge in [-0.2, -0.15) is 0 Å². The summed E-state index contributed by atoms with van der Waals surface area (Å²) >= 11 is 7.87. The molecule has 2 atom stereocenters. The number of hydrogen-bond donors (Lipinski definition) is 0. The van der Waals surface area contributed by atoms with E-state index in [0.717, 1.165) is 248 Å². The van der Waals surface area contributed by atoms with Crippen LogP contribution in [0.2, 0.25) is 5.02 Å². The van der Waals surface area contributed by atoms with E-state index in [2.05, 4.69) is 126 Å². The first-order valence-corrected chi connectivity index (χ1v) is 48.3. The van der Waals surface area contributed by atoms with Crippen molar-refractivity contribution in [3.05, 3.63) is 215 Å². The number of nitrogens with zero attached hydrogens (tertiary/aromatic N) is 9. The third-order valence-electron chi connectivity index (χ3n) is 26.7. The maximum Gasteiger partial charge on any atom is 0.165 e. The summed E-state index contributed by atoms with van der Waals surface area (Å²) in [6.45, 7) is 26.6. The quantitative estimate of drug-likeness (QED) is 0.0341. The van der Waals surface area contributed by atoms with Crippen LogP contribution in [0, 0.1) is 17.7 Å². The number of thiazole rings is 1. The van der Waals surface area contributed by atoms with Gasteiger partial charge in [0.25, 0.3) is 0 Å². The summed E-state index contributed by atoms with van der Waals surface area (Å²) in [6, 6.07) is 49.9.